The number of aromatic nitrogens is 1. The number of benzene rings is 3. The van der Waals surface area contributed by atoms with E-state index in [0.717, 1.165) is 49.1 Å². The summed E-state index contributed by atoms with van der Waals surface area (Å²) in [6.45, 7) is 9.49. The highest BCUT2D eigenvalue weighted by molar-refractivity contribution is 14.1. The van der Waals surface area contributed by atoms with Gasteiger partial charge < -0.3 is 9.88 Å². The number of amides is 3. The van der Waals surface area contributed by atoms with Crippen molar-refractivity contribution in [2.24, 2.45) is 4.99 Å². The average molecular weight is 767 g/mol. The first-order valence-electron chi connectivity index (χ1n) is 15.3. The van der Waals surface area contributed by atoms with E-state index < -0.39 is 11.8 Å². The number of carbonyl (C=O) groups is 3. The molecule has 9 heteroatoms. The van der Waals surface area contributed by atoms with E-state index in [1.165, 1.54) is 4.90 Å². The Morgan fingerprint density at radius 2 is 1.65 bits per heavy atom. The minimum atomic E-state index is -0.659. The fraction of sp³-hybridized carbons (Fsp3) is 0.128. The molecular weight excluding hydrogens is 731 g/mol. The SMILES string of the molecule is C=C/C=C\C(=C/C)N1C(=O)/C(=C/c2cc(C)n(-c3cccc(I)c3)c2C)C(=O)N=C1SCC(=O)NC(c1ccccc1)c1ccccc1. The van der Waals surface area contributed by atoms with Gasteiger partial charge in [-0.05, 0) is 96.5 Å². The fourth-order valence-electron chi connectivity index (χ4n) is 5.49. The standard InChI is InChI=1S/C39H35IN4O3S/c1-5-7-20-32(6-2)44-38(47)34(23-30-22-26(3)43(27(30)4)33-21-14-19-31(40)24-33)37(46)42-39(44)48-25-35(45)41-36(28-15-10-8-11-16-28)29-17-12-9-13-18-29/h5-24,36H,1,25H2,2-4H3,(H,41,45)/b20-7-,32-6+,34-23+. The van der Waals surface area contributed by atoms with Crippen LogP contribution in [-0.4, -0.2) is 38.1 Å². The number of allylic oxidation sites excluding steroid dienone is 4. The molecule has 2 heterocycles. The van der Waals surface area contributed by atoms with Gasteiger partial charge in [-0.1, -0.05) is 103 Å². The maximum absolute atomic E-state index is 14.2. The summed E-state index contributed by atoms with van der Waals surface area (Å²) >= 11 is 3.31. The molecule has 5 rings (SSSR count). The van der Waals surface area contributed by atoms with E-state index in [-0.39, 0.29) is 28.4 Å². The zero-order valence-corrected chi connectivity index (χ0v) is 29.9. The number of nitrogens with zero attached hydrogens (tertiary/aromatic N) is 3. The van der Waals surface area contributed by atoms with Crippen LogP contribution in [0.25, 0.3) is 11.8 Å². The van der Waals surface area contributed by atoms with Gasteiger partial charge in [-0.25, -0.2) is 0 Å². The summed E-state index contributed by atoms with van der Waals surface area (Å²) < 4.78 is 3.19. The number of amidine groups is 1. The Labute approximate surface area is 299 Å². The van der Waals surface area contributed by atoms with Crippen molar-refractivity contribution >= 4 is 63.3 Å². The molecule has 0 bridgehead atoms. The quantitative estimate of drug-likeness (QED) is 0.0766. The Hall–Kier alpha value is -4.74. The van der Waals surface area contributed by atoms with E-state index in [1.807, 2.05) is 98.8 Å². The van der Waals surface area contributed by atoms with Gasteiger partial charge in [-0.3, -0.25) is 19.3 Å². The molecule has 0 aliphatic carbocycles. The van der Waals surface area contributed by atoms with Gasteiger partial charge in [-0.2, -0.15) is 4.99 Å². The summed E-state index contributed by atoms with van der Waals surface area (Å²) in [4.78, 5) is 46.8. The van der Waals surface area contributed by atoms with Crippen LogP contribution in [0.1, 0.15) is 41.0 Å². The number of hydrogen-bond acceptors (Lipinski definition) is 4. The summed E-state index contributed by atoms with van der Waals surface area (Å²) in [7, 11) is 0. The second kappa shape index (κ2) is 15.9. The normalized spacial score (nSPS) is 14.6. The summed E-state index contributed by atoms with van der Waals surface area (Å²) in [5.74, 6) is -1.52. The molecule has 0 radical (unpaired) electrons. The maximum atomic E-state index is 14.2. The average Bonchev–Trinajstić information content (AvgIpc) is 3.38. The molecule has 0 saturated heterocycles. The van der Waals surface area contributed by atoms with E-state index in [9.17, 15) is 14.4 Å². The number of aliphatic imine (C=N–C) groups is 1. The zero-order chi connectivity index (χ0) is 34.2. The van der Waals surface area contributed by atoms with E-state index in [0.29, 0.717) is 5.70 Å². The molecule has 1 aliphatic rings. The Morgan fingerprint density at radius 1 is 0.979 bits per heavy atom. The van der Waals surface area contributed by atoms with Gasteiger partial charge in [0.1, 0.15) is 5.57 Å². The first-order chi connectivity index (χ1) is 23.2. The number of thioether (sulfide) groups is 1. The highest BCUT2D eigenvalue weighted by Gasteiger charge is 2.35. The van der Waals surface area contributed by atoms with Gasteiger partial charge >= 0.3 is 0 Å². The summed E-state index contributed by atoms with van der Waals surface area (Å²) in [6.07, 6.45) is 8.39. The summed E-state index contributed by atoms with van der Waals surface area (Å²) in [6, 6.07) is 29.1. The first-order valence-corrected chi connectivity index (χ1v) is 17.4. The summed E-state index contributed by atoms with van der Waals surface area (Å²) in [5.41, 5.74) is 5.90. The van der Waals surface area contributed by atoms with Gasteiger partial charge in [0, 0.05) is 26.3 Å². The van der Waals surface area contributed by atoms with Crippen LogP contribution in [0, 0.1) is 17.4 Å². The van der Waals surface area contributed by atoms with Crippen molar-refractivity contribution in [3.05, 3.63) is 165 Å². The first kappa shape index (κ1) is 34.6. The second-order valence-electron chi connectivity index (χ2n) is 11.0. The maximum Gasteiger partial charge on any atom is 0.285 e. The van der Waals surface area contributed by atoms with Crippen LogP contribution in [0.2, 0.25) is 0 Å². The number of carbonyl (C=O) groups excluding carboxylic acids is 3. The lowest BCUT2D eigenvalue weighted by atomic mass is 9.99. The lowest BCUT2D eigenvalue weighted by Gasteiger charge is -2.28. The van der Waals surface area contributed by atoms with Crippen LogP contribution in [0.15, 0.2) is 138 Å². The molecule has 242 valence electrons. The fourth-order valence-corrected chi connectivity index (χ4v) is 6.83. The van der Waals surface area contributed by atoms with Crippen molar-refractivity contribution in [2.45, 2.75) is 26.8 Å². The minimum Gasteiger partial charge on any atom is -0.344 e. The van der Waals surface area contributed by atoms with Crippen molar-refractivity contribution in [1.29, 1.82) is 0 Å². The van der Waals surface area contributed by atoms with Crippen molar-refractivity contribution in [2.75, 3.05) is 5.75 Å². The predicted molar refractivity (Wildman–Crippen MR) is 204 cm³/mol. The van der Waals surface area contributed by atoms with E-state index >= 15 is 0 Å². The number of halogens is 1. The number of aryl methyl sites for hydroxylation is 1. The van der Waals surface area contributed by atoms with Crippen LogP contribution >= 0.6 is 34.4 Å². The molecule has 0 atom stereocenters. The zero-order valence-electron chi connectivity index (χ0n) is 26.9. The monoisotopic (exact) mass is 766 g/mol. The molecular formula is C39H35IN4O3S. The number of hydrogen-bond donors (Lipinski definition) is 1. The molecule has 0 unspecified atom stereocenters. The van der Waals surface area contributed by atoms with Crippen LogP contribution < -0.4 is 5.32 Å². The molecule has 0 saturated carbocycles. The Bertz CT molecular complexity index is 1940. The Balaban J connectivity index is 1.45. The summed E-state index contributed by atoms with van der Waals surface area (Å²) in [5, 5.41) is 3.24. The third-order valence-corrected chi connectivity index (χ3v) is 9.36. The Morgan fingerprint density at radius 3 is 2.25 bits per heavy atom. The molecule has 0 spiro atoms. The van der Waals surface area contributed by atoms with E-state index in [1.54, 1.807) is 37.3 Å². The molecule has 3 amide bonds. The molecule has 7 nitrogen and oxygen atoms in total. The molecule has 1 N–H and O–H groups in total. The second-order valence-corrected chi connectivity index (χ2v) is 13.1. The number of rotatable bonds is 10. The molecule has 1 aromatic heterocycles. The van der Waals surface area contributed by atoms with Crippen LogP contribution in [0.4, 0.5) is 0 Å². The van der Waals surface area contributed by atoms with Crippen LogP contribution in [0.5, 0.6) is 0 Å². The lowest BCUT2D eigenvalue weighted by molar-refractivity contribution is -0.126. The molecule has 0 fully saturated rings. The lowest BCUT2D eigenvalue weighted by Crippen LogP contribution is -2.42. The largest absolute Gasteiger partial charge is 0.344 e. The molecule has 4 aromatic rings. The van der Waals surface area contributed by atoms with Gasteiger partial charge in [0.25, 0.3) is 11.8 Å². The molecule has 1 aliphatic heterocycles. The van der Waals surface area contributed by atoms with Crippen molar-refractivity contribution in [3.63, 3.8) is 0 Å². The number of nitrogens with one attached hydrogen (secondary N) is 1. The topological polar surface area (TPSA) is 83.8 Å². The van der Waals surface area contributed by atoms with Gasteiger partial charge in [0.2, 0.25) is 5.91 Å². The molecule has 48 heavy (non-hydrogen) atoms. The predicted octanol–water partition coefficient (Wildman–Crippen LogP) is 8.09. The van der Waals surface area contributed by atoms with Crippen molar-refractivity contribution < 1.29 is 14.4 Å². The smallest absolute Gasteiger partial charge is 0.285 e. The van der Waals surface area contributed by atoms with Gasteiger partial charge in [0.15, 0.2) is 5.17 Å². The van der Waals surface area contributed by atoms with Gasteiger partial charge in [-0.15, -0.1) is 0 Å². The highest BCUT2D eigenvalue weighted by atomic mass is 127. The molecule has 3 aromatic carbocycles. The van der Waals surface area contributed by atoms with Crippen molar-refractivity contribution in [1.82, 2.24) is 14.8 Å². The van der Waals surface area contributed by atoms with E-state index in [4.69, 9.17) is 0 Å². The Kier molecular flexibility index (Phi) is 11.5. The van der Waals surface area contributed by atoms with E-state index in [2.05, 4.69) is 50.1 Å². The van der Waals surface area contributed by atoms with Crippen molar-refractivity contribution in [3.8, 4) is 5.69 Å². The third-order valence-electron chi connectivity index (χ3n) is 7.75. The third kappa shape index (κ3) is 7.86. The minimum absolute atomic E-state index is 0.0636. The highest BCUT2D eigenvalue weighted by Crippen LogP contribution is 2.29. The van der Waals surface area contributed by atoms with Crippen LogP contribution in [0.3, 0.4) is 0 Å². The van der Waals surface area contributed by atoms with Gasteiger partial charge in [0.05, 0.1) is 11.8 Å². The van der Waals surface area contributed by atoms with Crippen LogP contribution in [-0.2, 0) is 14.4 Å².